The minimum absolute atomic E-state index is 0.0501. The van der Waals surface area contributed by atoms with Crippen LogP contribution in [0.5, 0.6) is 5.75 Å². The van der Waals surface area contributed by atoms with Crippen molar-refractivity contribution in [2.75, 3.05) is 13.1 Å². The summed E-state index contributed by atoms with van der Waals surface area (Å²) in [5.74, 6) is 0.623. The molecule has 7 nitrogen and oxygen atoms in total. The average molecular weight is 443 g/mol. The molecule has 1 atom stereocenters. The fourth-order valence-corrected chi connectivity index (χ4v) is 3.11. The lowest BCUT2D eigenvalue weighted by Gasteiger charge is -2.16. The molecule has 0 spiro atoms. The molecular formula is C23H27F2N5O2. The standard InChI is InChI=1S/C23H27F2N5O2/c1-2-27-23(29-14-21(31)19-6-8-20(9-7-19)32-22(24)25)28-13-17-4-3-5-18(12-17)15-30-11-10-26-16-30/h3-12,16,21-22,31H,2,13-15H2,1H3,(H2,27,28,29). The minimum Gasteiger partial charge on any atom is -0.435 e. The smallest absolute Gasteiger partial charge is 0.387 e. The third-order valence-corrected chi connectivity index (χ3v) is 4.63. The van der Waals surface area contributed by atoms with Crippen molar-refractivity contribution in [3.8, 4) is 5.75 Å². The Morgan fingerprint density at radius 2 is 1.94 bits per heavy atom. The van der Waals surface area contributed by atoms with E-state index in [4.69, 9.17) is 0 Å². The van der Waals surface area contributed by atoms with Gasteiger partial charge in [0.2, 0.25) is 0 Å². The number of benzene rings is 2. The number of nitrogens with one attached hydrogen (secondary N) is 2. The van der Waals surface area contributed by atoms with Gasteiger partial charge in [-0.2, -0.15) is 8.78 Å². The van der Waals surface area contributed by atoms with Gasteiger partial charge in [-0.1, -0.05) is 36.4 Å². The quantitative estimate of drug-likeness (QED) is 0.331. The predicted molar refractivity (Wildman–Crippen MR) is 119 cm³/mol. The van der Waals surface area contributed by atoms with Crippen LogP contribution in [0.25, 0.3) is 0 Å². The van der Waals surface area contributed by atoms with Crippen LogP contribution < -0.4 is 15.4 Å². The molecule has 0 aliphatic carbocycles. The molecule has 0 fully saturated rings. The maximum Gasteiger partial charge on any atom is 0.387 e. The number of aliphatic imine (C=N–C) groups is 1. The molecule has 0 amide bonds. The van der Waals surface area contributed by atoms with Crippen LogP contribution in [0.15, 0.2) is 72.2 Å². The van der Waals surface area contributed by atoms with Crippen LogP contribution in [0, 0.1) is 0 Å². The van der Waals surface area contributed by atoms with Crippen LogP contribution in [0.4, 0.5) is 8.78 Å². The minimum atomic E-state index is -2.88. The zero-order valence-electron chi connectivity index (χ0n) is 17.8. The summed E-state index contributed by atoms with van der Waals surface area (Å²) in [5, 5.41) is 16.7. The second-order valence-corrected chi connectivity index (χ2v) is 7.09. The maximum absolute atomic E-state index is 12.3. The van der Waals surface area contributed by atoms with E-state index in [1.165, 1.54) is 12.1 Å². The molecule has 0 radical (unpaired) electrons. The summed E-state index contributed by atoms with van der Waals surface area (Å²) >= 11 is 0. The molecule has 170 valence electrons. The Kier molecular flexibility index (Phi) is 8.56. The molecule has 9 heteroatoms. The molecule has 2 aromatic carbocycles. The Morgan fingerprint density at radius 3 is 2.62 bits per heavy atom. The highest BCUT2D eigenvalue weighted by atomic mass is 19.3. The van der Waals surface area contributed by atoms with Gasteiger partial charge in [0.05, 0.1) is 19.0 Å². The molecular weight excluding hydrogens is 416 g/mol. The lowest BCUT2D eigenvalue weighted by atomic mass is 10.1. The summed E-state index contributed by atoms with van der Waals surface area (Å²) in [6.45, 7) is 1.18. The molecule has 1 heterocycles. The fraction of sp³-hybridized carbons (Fsp3) is 0.304. The molecule has 0 bridgehead atoms. The van der Waals surface area contributed by atoms with E-state index in [0.717, 1.165) is 17.7 Å². The zero-order chi connectivity index (χ0) is 22.8. The van der Waals surface area contributed by atoms with Crippen LogP contribution in [0.3, 0.4) is 0 Å². The second-order valence-electron chi connectivity index (χ2n) is 7.09. The van der Waals surface area contributed by atoms with Crippen molar-refractivity contribution in [3.05, 3.63) is 83.9 Å². The molecule has 1 unspecified atom stereocenters. The van der Waals surface area contributed by atoms with Gasteiger partial charge in [0.1, 0.15) is 5.75 Å². The van der Waals surface area contributed by atoms with Crippen molar-refractivity contribution in [2.24, 2.45) is 4.99 Å². The van der Waals surface area contributed by atoms with E-state index >= 15 is 0 Å². The summed E-state index contributed by atoms with van der Waals surface area (Å²) in [5.41, 5.74) is 2.81. The predicted octanol–water partition coefficient (Wildman–Crippen LogP) is 3.32. The number of hydrogen-bond acceptors (Lipinski definition) is 4. The zero-order valence-corrected chi connectivity index (χ0v) is 17.8. The van der Waals surface area contributed by atoms with Gasteiger partial charge < -0.3 is 25.0 Å². The van der Waals surface area contributed by atoms with Gasteiger partial charge in [-0.25, -0.2) is 9.98 Å². The van der Waals surface area contributed by atoms with E-state index in [9.17, 15) is 13.9 Å². The number of imidazole rings is 1. The molecule has 3 aromatic rings. The monoisotopic (exact) mass is 443 g/mol. The van der Waals surface area contributed by atoms with Crippen LogP contribution >= 0.6 is 0 Å². The molecule has 0 saturated heterocycles. The van der Waals surface area contributed by atoms with Gasteiger partial charge >= 0.3 is 6.61 Å². The van der Waals surface area contributed by atoms with Crippen LogP contribution in [-0.2, 0) is 13.1 Å². The number of aliphatic hydroxyl groups is 1. The summed E-state index contributed by atoms with van der Waals surface area (Å²) < 4.78 is 30.8. The van der Waals surface area contributed by atoms with Gasteiger partial charge in [-0.15, -0.1) is 0 Å². The van der Waals surface area contributed by atoms with E-state index in [1.54, 1.807) is 24.7 Å². The van der Waals surface area contributed by atoms with Gasteiger partial charge in [0.25, 0.3) is 0 Å². The van der Waals surface area contributed by atoms with E-state index in [-0.39, 0.29) is 12.3 Å². The number of halogens is 2. The van der Waals surface area contributed by atoms with E-state index in [2.05, 4.69) is 37.5 Å². The first-order valence-corrected chi connectivity index (χ1v) is 10.3. The Morgan fingerprint density at radius 1 is 1.16 bits per heavy atom. The van der Waals surface area contributed by atoms with E-state index in [0.29, 0.717) is 24.6 Å². The molecule has 1 aromatic heterocycles. The van der Waals surface area contributed by atoms with Crippen molar-refractivity contribution < 1.29 is 18.6 Å². The summed E-state index contributed by atoms with van der Waals surface area (Å²) in [6, 6.07) is 14.1. The third-order valence-electron chi connectivity index (χ3n) is 4.63. The van der Waals surface area contributed by atoms with Crippen LogP contribution in [0.1, 0.15) is 29.7 Å². The average Bonchev–Trinajstić information content (AvgIpc) is 3.29. The lowest BCUT2D eigenvalue weighted by Crippen LogP contribution is -2.39. The van der Waals surface area contributed by atoms with Gasteiger partial charge in [0, 0.05) is 32.0 Å². The summed E-state index contributed by atoms with van der Waals surface area (Å²) in [4.78, 5) is 8.66. The van der Waals surface area contributed by atoms with Crippen molar-refractivity contribution in [2.45, 2.75) is 32.7 Å². The topological polar surface area (TPSA) is 83.7 Å². The number of hydrogen-bond donors (Lipinski definition) is 3. The van der Waals surface area contributed by atoms with Gasteiger partial charge in [-0.05, 0) is 35.7 Å². The maximum atomic E-state index is 12.3. The Labute approximate surface area is 185 Å². The van der Waals surface area contributed by atoms with E-state index < -0.39 is 12.7 Å². The van der Waals surface area contributed by atoms with Gasteiger partial charge in [0.15, 0.2) is 5.96 Å². The largest absolute Gasteiger partial charge is 0.435 e. The SMILES string of the molecule is CCNC(=NCc1cccc(Cn2ccnc2)c1)NCC(O)c1ccc(OC(F)F)cc1. The fourth-order valence-electron chi connectivity index (χ4n) is 3.11. The number of rotatable bonds is 10. The first-order valence-electron chi connectivity index (χ1n) is 10.3. The number of ether oxygens (including phenoxy) is 1. The van der Waals surface area contributed by atoms with Gasteiger partial charge in [-0.3, -0.25) is 0 Å². The molecule has 32 heavy (non-hydrogen) atoms. The number of guanidine groups is 1. The highest BCUT2D eigenvalue weighted by molar-refractivity contribution is 5.79. The molecule has 3 N–H and O–H groups in total. The first kappa shape index (κ1) is 23.2. The highest BCUT2D eigenvalue weighted by Gasteiger charge is 2.10. The molecule has 0 saturated carbocycles. The van der Waals surface area contributed by atoms with E-state index in [1.807, 2.05) is 29.8 Å². The molecule has 0 aliphatic rings. The molecule has 0 aliphatic heterocycles. The normalized spacial score (nSPS) is 12.6. The van der Waals surface area contributed by atoms with Crippen molar-refractivity contribution in [3.63, 3.8) is 0 Å². The van der Waals surface area contributed by atoms with Crippen LogP contribution in [-0.4, -0.2) is 40.3 Å². The summed E-state index contributed by atoms with van der Waals surface area (Å²) in [7, 11) is 0. The van der Waals surface area contributed by atoms with Crippen molar-refractivity contribution in [1.82, 2.24) is 20.2 Å². The number of aliphatic hydroxyl groups excluding tert-OH is 1. The Bertz CT molecular complexity index is 978. The summed E-state index contributed by atoms with van der Waals surface area (Å²) in [6.07, 6.45) is 4.62. The first-order chi connectivity index (χ1) is 15.5. The third kappa shape index (κ3) is 7.35. The van der Waals surface area contributed by atoms with Crippen LogP contribution in [0.2, 0.25) is 0 Å². The lowest BCUT2D eigenvalue weighted by molar-refractivity contribution is -0.0498. The number of aromatic nitrogens is 2. The Balaban J connectivity index is 1.56. The Hall–Kier alpha value is -3.46. The van der Waals surface area contributed by atoms with Crippen molar-refractivity contribution in [1.29, 1.82) is 0 Å². The second kappa shape index (κ2) is 11.8. The van der Waals surface area contributed by atoms with Crippen molar-refractivity contribution >= 4 is 5.96 Å². The highest BCUT2D eigenvalue weighted by Crippen LogP contribution is 2.19. The molecule has 3 rings (SSSR count). The number of nitrogens with zero attached hydrogens (tertiary/aromatic N) is 3. The number of alkyl halides is 2.